The molecule has 0 aromatic heterocycles. The van der Waals surface area contributed by atoms with E-state index in [1.807, 2.05) is 0 Å². The standard InChI is InChI=1S/C32H43N5O10/c1-44-28-21-45-24(20-46-28)12-16-34-31(43)47-19-22-6-8-23(9-7-22)36-25(38)18-35-30(42)32(13-5-14-32)29(41)33-15-3-2-4-17-37-26(39)10-11-27(37)40/h6-11,24,28H,2-5,12-21H2,1H3,(H,33,41)(H,34,43)(H,35,42)(H,36,38)/t24?,28-/m1/s1. The highest BCUT2D eigenvalue weighted by atomic mass is 16.7. The molecule has 1 aliphatic carbocycles. The second-order valence-electron chi connectivity index (χ2n) is 11.6. The number of anilines is 1. The topological polar surface area (TPSA) is 191 Å². The Bertz CT molecular complexity index is 1290. The SMILES string of the molecule is CO[C@H]1COC(CCNC(=O)OCc2ccc(NC(=O)CNC(=O)C3(C(=O)NCCCCCN4C(=O)C=CC4=O)CCC3)cc2)CO1. The van der Waals surface area contributed by atoms with Crippen LogP contribution in [0.1, 0.15) is 50.5 Å². The van der Waals surface area contributed by atoms with E-state index in [1.54, 1.807) is 31.4 Å². The van der Waals surface area contributed by atoms with Crippen LogP contribution < -0.4 is 21.3 Å². The molecule has 0 bridgehead atoms. The van der Waals surface area contributed by atoms with E-state index in [2.05, 4.69) is 21.3 Å². The fraction of sp³-hybridized carbons (Fsp3) is 0.562. The van der Waals surface area contributed by atoms with Gasteiger partial charge in [-0.15, -0.1) is 0 Å². The highest BCUT2D eigenvalue weighted by molar-refractivity contribution is 6.12. The molecule has 4 rings (SSSR count). The van der Waals surface area contributed by atoms with Gasteiger partial charge >= 0.3 is 6.09 Å². The average molecular weight is 658 g/mol. The molecule has 3 aliphatic rings. The molecule has 1 unspecified atom stereocenters. The number of methoxy groups -OCH3 is 1. The lowest BCUT2D eigenvalue weighted by atomic mass is 9.67. The van der Waals surface area contributed by atoms with Crippen molar-refractivity contribution in [2.24, 2.45) is 5.41 Å². The number of hydrogen-bond donors (Lipinski definition) is 4. The fourth-order valence-corrected chi connectivity index (χ4v) is 5.26. The van der Waals surface area contributed by atoms with E-state index in [0.29, 0.717) is 82.6 Å². The van der Waals surface area contributed by atoms with E-state index in [9.17, 15) is 28.8 Å². The molecule has 6 amide bonds. The maximum Gasteiger partial charge on any atom is 0.407 e. The third-order valence-corrected chi connectivity index (χ3v) is 8.27. The Kier molecular flexibility index (Phi) is 13.3. The van der Waals surface area contributed by atoms with E-state index in [1.165, 1.54) is 17.1 Å². The number of nitrogens with zero attached hydrogens (tertiary/aromatic N) is 1. The van der Waals surface area contributed by atoms with Gasteiger partial charge in [-0.3, -0.25) is 28.9 Å². The summed E-state index contributed by atoms with van der Waals surface area (Å²) in [6, 6.07) is 6.72. The molecule has 0 radical (unpaired) electrons. The van der Waals surface area contributed by atoms with Gasteiger partial charge < -0.3 is 40.2 Å². The summed E-state index contributed by atoms with van der Waals surface area (Å²) < 4.78 is 21.4. The van der Waals surface area contributed by atoms with Gasteiger partial charge in [0.25, 0.3) is 11.8 Å². The van der Waals surface area contributed by atoms with E-state index in [-0.39, 0.29) is 43.3 Å². The number of carbonyl (C=O) groups excluding carboxylic acids is 6. The first kappa shape index (κ1) is 35.5. The fourth-order valence-electron chi connectivity index (χ4n) is 5.26. The van der Waals surface area contributed by atoms with Crippen molar-refractivity contribution in [3.63, 3.8) is 0 Å². The number of unbranched alkanes of at least 4 members (excludes halogenated alkanes) is 2. The Labute approximate surface area is 273 Å². The molecule has 47 heavy (non-hydrogen) atoms. The minimum absolute atomic E-state index is 0.0388. The summed E-state index contributed by atoms with van der Waals surface area (Å²) in [5, 5.41) is 10.8. The summed E-state index contributed by atoms with van der Waals surface area (Å²) in [5.41, 5.74) is 0.0156. The van der Waals surface area contributed by atoms with Crippen molar-refractivity contribution in [1.82, 2.24) is 20.9 Å². The molecule has 15 heteroatoms. The van der Waals surface area contributed by atoms with Crippen molar-refractivity contribution in [3.05, 3.63) is 42.0 Å². The zero-order chi connectivity index (χ0) is 33.6. The van der Waals surface area contributed by atoms with E-state index >= 15 is 0 Å². The number of rotatable bonds is 17. The highest BCUT2D eigenvalue weighted by Crippen LogP contribution is 2.41. The lowest BCUT2D eigenvalue weighted by molar-refractivity contribution is -0.224. The summed E-state index contributed by atoms with van der Waals surface area (Å²) in [5.74, 6) is -1.93. The number of imide groups is 1. The predicted octanol–water partition coefficient (Wildman–Crippen LogP) is 1.13. The second-order valence-corrected chi connectivity index (χ2v) is 11.6. The largest absolute Gasteiger partial charge is 0.445 e. The molecule has 2 fully saturated rings. The van der Waals surface area contributed by atoms with E-state index in [4.69, 9.17) is 18.9 Å². The van der Waals surface area contributed by atoms with Crippen molar-refractivity contribution in [1.29, 1.82) is 0 Å². The lowest BCUT2D eigenvalue weighted by Gasteiger charge is -2.38. The maximum atomic E-state index is 12.9. The minimum atomic E-state index is -1.19. The third-order valence-electron chi connectivity index (χ3n) is 8.27. The molecule has 15 nitrogen and oxygen atoms in total. The number of nitrogens with one attached hydrogen (secondary N) is 4. The van der Waals surface area contributed by atoms with Gasteiger partial charge in [-0.05, 0) is 56.2 Å². The van der Waals surface area contributed by atoms with Crippen LogP contribution in [0.5, 0.6) is 0 Å². The number of benzene rings is 1. The number of ether oxygens (including phenoxy) is 4. The van der Waals surface area contributed by atoms with Crippen LogP contribution in [0, 0.1) is 5.41 Å². The summed E-state index contributed by atoms with van der Waals surface area (Å²) in [6.07, 6.45) is 5.51. The van der Waals surface area contributed by atoms with Gasteiger partial charge in [-0.2, -0.15) is 0 Å². The Morgan fingerprint density at radius 1 is 0.894 bits per heavy atom. The third kappa shape index (κ3) is 10.3. The van der Waals surface area contributed by atoms with Gasteiger partial charge in [-0.1, -0.05) is 18.6 Å². The molecule has 2 heterocycles. The van der Waals surface area contributed by atoms with Crippen LogP contribution in [0.3, 0.4) is 0 Å². The molecule has 4 N–H and O–H groups in total. The van der Waals surface area contributed by atoms with Crippen LogP contribution in [-0.2, 0) is 49.5 Å². The van der Waals surface area contributed by atoms with Crippen molar-refractivity contribution < 1.29 is 47.7 Å². The molecule has 2 aliphatic heterocycles. The second kappa shape index (κ2) is 17.5. The van der Waals surface area contributed by atoms with Crippen LogP contribution in [0.25, 0.3) is 0 Å². The molecule has 1 aromatic rings. The number of alkyl carbamates (subject to hydrolysis) is 1. The van der Waals surface area contributed by atoms with Gasteiger partial charge in [0.1, 0.15) is 12.0 Å². The van der Waals surface area contributed by atoms with E-state index < -0.39 is 23.3 Å². The molecule has 1 saturated carbocycles. The number of hydrogen-bond acceptors (Lipinski definition) is 10. The molecular weight excluding hydrogens is 614 g/mol. The average Bonchev–Trinajstić information content (AvgIpc) is 3.37. The molecule has 0 spiro atoms. The van der Waals surface area contributed by atoms with Crippen molar-refractivity contribution in [3.8, 4) is 0 Å². The quantitative estimate of drug-likeness (QED) is 0.107. The van der Waals surface area contributed by atoms with Crippen LogP contribution in [0.15, 0.2) is 36.4 Å². The zero-order valence-electron chi connectivity index (χ0n) is 26.5. The normalized spacial score (nSPS) is 19.9. The Balaban J connectivity index is 1.08. The van der Waals surface area contributed by atoms with Crippen LogP contribution in [0.4, 0.5) is 10.5 Å². The Hall–Kier alpha value is -4.34. The molecule has 1 aromatic carbocycles. The van der Waals surface area contributed by atoms with Crippen LogP contribution in [-0.4, -0.2) is 99.4 Å². The minimum Gasteiger partial charge on any atom is -0.445 e. The zero-order valence-corrected chi connectivity index (χ0v) is 26.5. The first-order valence-electron chi connectivity index (χ1n) is 15.9. The highest BCUT2D eigenvalue weighted by Gasteiger charge is 2.50. The Morgan fingerprint density at radius 3 is 2.26 bits per heavy atom. The van der Waals surface area contributed by atoms with Crippen molar-refractivity contribution >= 4 is 41.3 Å². The maximum absolute atomic E-state index is 12.9. The van der Waals surface area contributed by atoms with Gasteiger partial charge in [0.05, 0.1) is 25.9 Å². The van der Waals surface area contributed by atoms with Crippen LogP contribution >= 0.6 is 0 Å². The number of carbonyl (C=O) groups is 6. The predicted molar refractivity (Wildman–Crippen MR) is 166 cm³/mol. The Morgan fingerprint density at radius 2 is 1.62 bits per heavy atom. The van der Waals surface area contributed by atoms with Crippen molar-refractivity contribution in [2.75, 3.05) is 51.8 Å². The first-order chi connectivity index (χ1) is 22.7. The van der Waals surface area contributed by atoms with Crippen LogP contribution in [0.2, 0.25) is 0 Å². The van der Waals surface area contributed by atoms with Gasteiger partial charge in [0.15, 0.2) is 6.29 Å². The molecule has 1 saturated heterocycles. The monoisotopic (exact) mass is 657 g/mol. The number of amides is 6. The lowest BCUT2D eigenvalue weighted by Crippen LogP contribution is -2.56. The van der Waals surface area contributed by atoms with Crippen molar-refractivity contribution in [2.45, 2.75) is 63.9 Å². The van der Waals surface area contributed by atoms with Gasteiger partial charge in [-0.25, -0.2) is 4.79 Å². The first-order valence-corrected chi connectivity index (χ1v) is 15.9. The summed E-state index contributed by atoms with van der Waals surface area (Å²) in [7, 11) is 1.55. The smallest absolute Gasteiger partial charge is 0.407 e. The molecular formula is C32H43N5O10. The van der Waals surface area contributed by atoms with Gasteiger partial charge in [0.2, 0.25) is 17.7 Å². The summed E-state index contributed by atoms with van der Waals surface area (Å²) >= 11 is 0. The summed E-state index contributed by atoms with van der Waals surface area (Å²) in [4.78, 5) is 74.7. The van der Waals surface area contributed by atoms with Gasteiger partial charge in [0, 0.05) is 44.6 Å². The summed E-state index contributed by atoms with van der Waals surface area (Å²) in [6.45, 7) is 1.53. The molecule has 256 valence electrons. The van der Waals surface area contributed by atoms with E-state index in [0.717, 1.165) is 6.42 Å². The molecule has 2 atom stereocenters.